The van der Waals surface area contributed by atoms with E-state index >= 15 is 0 Å². The van der Waals surface area contributed by atoms with Gasteiger partial charge in [0.05, 0.1) is 12.6 Å². The molecule has 0 bridgehead atoms. The van der Waals surface area contributed by atoms with Gasteiger partial charge in [-0.2, -0.15) is 0 Å². The number of piperidine rings is 1. The summed E-state index contributed by atoms with van der Waals surface area (Å²) in [7, 11) is 1.60. The predicted molar refractivity (Wildman–Crippen MR) is 93.1 cm³/mol. The van der Waals surface area contributed by atoms with Crippen molar-refractivity contribution in [2.75, 3.05) is 38.7 Å². The van der Waals surface area contributed by atoms with E-state index < -0.39 is 0 Å². The highest BCUT2D eigenvalue weighted by atomic mass is 16.5. The van der Waals surface area contributed by atoms with Crippen molar-refractivity contribution in [1.29, 1.82) is 0 Å². The summed E-state index contributed by atoms with van der Waals surface area (Å²) in [6.45, 7) is 2.13. The van der Waals surface area contributed by atoms with Crippen molar-refractivity contribution in [2.24, 2.45) is 0 Å². The molecule has 1 fully saturated rings. The molecule has 24 heavy (non-hydrogen) atoms. The van der Waals surface area contributed by atoms with Gasteiger partial charge in [0.15, 0.2) is 0 Å². The fourth-order valence-corrected chi connectivity index (χ4v) is 2.75. The zero-order valence-electron chi connectivity index (χ0n) is 14.1. The molecule has 1 aromatic rings. The zero-order valence-corrected chi connectivity index (χ0v) is 14.1. The standard InChI is InChI=1S/C17H26N4O3/c1-24-12-10-18-17(23)21-11-6-5-9-15(21)13-19-16(22)20-14-7-3-2-4-8-14/h2-4,7-8,15H,5-6,9-13H2,1H3,(H,18,23)(H2,19,20,22). The lowest BCUT2D eigenvalue weighted by Crippen LogP contribution is -2.53. The molecule has 1 saturated heterocycles. The Kier molecular flexibility index (Phi) is 7.35. The number of methoxy groups -OCH3 is 1. The van der Waals surface area contributed by atoms with Crippen LogP contribution in [0.1, 0.15) is 19.3 Å². The third-order valence-corrected chi connectivity index (χ3v) is 4.00. The van der Waals surface area contributed by atoms with Gasteiger partial charge in [-0.3, -0.25) is 0 Å². The second-order valence-electron chi connectivity index (χ2n) is 5.77. The summed E-state index contributed by atoms with van der Waals surface area (Å²) < 4.78 is 4.94. The normalized spacial score (nSPS) is 17.2. The fourth-order valence-electron chi connectivity index (χ4n) is 2.75. The summed E-state index contributed by atoms with van der Waals surface area (Å²) in [5, 5.41) is 8.48. The Hall–Kier alpha value is -2.28. The molecule has 132 valence electrons. The molecule has 7 nitrogen and oxygen atoms in total. The van der Waals surface area contributed by atoms with E-state index in [2.05, 4.69) is 16.0 Å². The van der Waals surface area contributed by atoms with Crippen LogP contribution in [0.3, 0.4) is 0 Å². The monoisotopic (exact) mass is 334 g/mol. The van der Waals surface area contributed by atoms with Gasteiger partial charge in [0, 0.05) is 32.4 Å². The van der Waals surface area contributed by atoms with Crippen LogP contribution in [0.25, 0.3) is 0 Å². The molecule has 1 aliphatic rings. The molecule has 0 aliphatic carbocycles. The lowest BCUT2D eigenvalue weighted by molar-refractivity contribution is 0.144. The molecule has 7 heteroatoms. The Morgan fingerprint density at radius 2 is 2.00 bits per heavy atom. The quantitative estimate of drug-likeness (QED) is 0.696. The van der Waals surface area contributed by atoms with Gasteiger partial charge < -0.3 is 25.6 Å². The number of hydrogen-bond donors (Lipinski definition) is 3. The summed E-state index contributed by atoms with van der Waals surface area (Å²) >= 11 is 0. The largest absolute Gasteiger partial charge is 0.383 e. The Balaban J connectivity index is 1.80. The number of para-hydroxylation sites is 1. The molecule has 1 aliphatic heterocycles. The number of hydrogen-bond acceptors (Lipinski definition) is 3. The first-order chi connectivity index (χ1) is 11.7. The fraction of sp³-hybridized carbons (Fsp3) is 0.529. The smallest absolute Gasteiger partial charge is 0.319 e. The van der Waals surface area contributed by atoms with Crippen molar-refractivity contribution < 1.29 is 14.3 Å². The zero-order chi connectivity index (χ0) is 17.2. The van der Waals surface area contributed by atoms with Gasteiger partial charge in [-0.25, -0.2) is 9.59 Å². The second-order valence-corrected chi connectivity index (χ2v) is 5.77. The predicted octanol–water partition coefficient (Wildman–Crippen LogP) is 2.02. The first-order valence-electron chi connectivity index (χ1n) is 8.34. The Bertz CT molecular complexity index is 524. The average Bonchev–Trinajstić information content (AvgIpc) is 2.61. The number of benzene rings is 1. The lowest BCUT2D eigenvalue weighted by atomic mass is 10.0. The van der Waals surface area contributed by atoms with Gasteiger partial charge >= 0.3 is 12.1 Å². The van der Waals surface area contributed by atoms with Crippen LogP contribution in [-0.2, 0) is 4.74 Å². The van der Waals surface area contributed by atoms with Gasteiger partial charge in [0.25, 0.3) is 0 Å². The van der Waals surface area contributed by atoms with Crippen LogP contribution >= 0.6 is 0 Å². The van der Waals surface area contributed by atoms with Crippen molar-refractivity contribution in [3.63, 3.8) is 0 Å². The minimum atomic E-state index is -0.258. The van der Waals surface area contributed by atoms with Crippen LogP contribution in [0.4, 0.5) is 15.3 Å². The lowest BCUT2D eigenvalue weighted by Gasteiger charge is -2.35. The van der Waals surface area contributed by atoms with E-state index in [4.69, 9.17) is 4.74 Å². The molecule has 1 unspecified atom stereocenters. The topological polar surface area (TPSA) is 82.7 Å². The number of anilines is 1. The van der Waals surface area contributed by atoms with Gasteiger partial charge in [-0.05, 0) is 31.4 Å². The van der Waals surface area contributed by atoms with Gasteiger partial charge in [-0.15, -0.1) is 0 Å². The average molecular weight is 334 g/mol. The van der Waals surface area contributed by atoms with E-state index in [1.807, 2.05) is 35.2 Å². The van der Waals surface area contributed by atoms with Crippen molar-refractivity contribution in [3.8, 4) is 0 Å². The highest BCUT2D eigenvalue weighted by Crippen LogP contribution is 2.16. The Labute approximate surface area is 142 Å². The number of rotatable bonds is 6. The molecule has 2 rings (SSSR count). The first-order valence-corrected chi connectivity index (χ1v) is 8.34. The van der Waals surface area contributed by atoms with Crippen LogP contribution in [0, 0.1) is 0 Å². The van der Waals surface area contributed by atoms with Crippen LogP contribution in [0.15, 0.2) is 30.3 Å². The summed E-state index contributed by atoms with van der Waals surface area (Å²) in [6.07, 6.45) is 2.95. The van der Waals surface area contributed by atoms with E-state index in [0.29, 0.717) is 26.2 Å². The summed E-state index contributed by atoms with van der Waals surface area (Å²) in [6, 6.07) is 8.94. The molecular weight excluding hydrogens is 308 g/mol. The molecule has 1 heterocycles. The summed E-state index contributed by atoms with van der Waals surface area (Å²) in [4.78, 5) is 26.0. The number of urea groups is 2. The number of carbonyl (C=O) groups is 2. The minimum absolute atomic E-state index is 0.0165. The number of nitrogens with one attached hydrogen (secondary N) is 3. The molecule has 0 aromatic heterocycles. The maximum Gasteiger partial charge on any atom is 0.319 e. The number of ether oxygens (including phenoxy) is 1. The number of nitrogens with zero attached hydrogens (tertiary/aromatic N) is 1. The molecule has 0 spiro atoms. The molecule has 0 radical (unpaired) electrons. The molecular formula is C17H26N4O3. The van der Waals surface area contributed by atoms with Crippen molar-refractivity contribution in [2.45, 2.75) is 25.3 Å². The van der Waals surface area contributed by atoms with E-state index in [0.717, 1.165) is 24.9 Å². The number of likely N-dealkylation sites (tertiary alicyclic amines) is 1. The number of carbonyl (C=O) groups excluding carboxylic acids is 2. The molecule has 1 atom stereocenters. The third kappa shape index (κ3) is 5.73. The Morgan fingerprint density at radius 3 is 2.75 bits per heavy atom. The van der Waals surface area contributed by atoms with Crippen molar-refractivity contribution >= 4 is 17.7 Å². The summed E-state index contributed by atoms with van der Waals surface area (Å²) in [5.41, 5.74) is 0.743. The van der Waals surface area contributed by atoms with Crippen LogP contribution in [0.5, 0.6) is 0 Å². The Morgan fingerprint density at radius 1 is 1.21 bits per heavy atom. The van der Waals surface area contributed by atoms with Gasteiger partial charge in [-0.1, -0.05) is 18.2 Å². The first kappa shape index (κ1) is 18.1. The molecule has 3 N–H and O–H groups in total. The number of amides is 4. The van der Waals surface area contributed by atoms with Crippen LogP contribution < -0.4 is 16.0 Å². The molecule has 0 saturated carbocycles. The van der Waals surface area contributed by atoms with E-state index in [-0.39, 0.29) is 18.1 Å². The minimum Gasteiger partial charge on any atom is -0.383 e. The highest BCUT2D eigenvalue weighted by molar-refractivity contribution is 5.89. The molecule has 4 amide bonds. The second kappa shape index (κ2) is 9.77. The van der Waals surface area contributed by atoms with Gasteiger partial charge in [0.1, 0.15) is 0 Å². The maximum atomic E-state index is 12.2. The maximum absolute atomic E-state index is 12.2. The van der Waals surface area contributed by atoms with Gasteiger partial charge in [0.2, 0.25) is 0 Å². The van der Waals surface area contributed by atoms with Crippen molar-refractivity contribution in [3.05, 3.63) is 30.3 Å². The third-order valence-electron chi connectivity index (χ3n) is 4.00. The van der Waals surface area contributed by atoms with Crippen molar-refractivity contribution in [1.82, 2.24) is 15.5 Å². The van der Waals surface area contributed by atoms with E-state index in [1.165, 1.54) is 0 Å². The van der Waals surface area contributed by atoms with E-state index in [1.54, 1.807) is 7.11 Å². The highest BCUT2D eigenvalue weighted by Gasteiger charge is 2.26. The van der Waals surface area contributed by atoms with E-state index in [9.17, 15) is 9.59 Å². The van der Waals surface area contributed by atoms with Crippen LogP contribution in [-0.4, -0.2) is 56.4 Å². The SMILES string of the molecule is COCCNC(=O)N1CCCCC1CNC(=O)Nc1ccccc1. The molecule has 1 aromatic carbocycles. The van der Waals surface area contributed by atoms with Crippen LogP contribution in [0.2, 0.25) is 0 Å². The summed E-state index contributed by atoms with van der Waals surface area (Å²) in [5.74, 6) is 0.